The van der Waals surface area contributed by atoms with Gasteiger partial charge in [0.05, 0.1) is 17.2 Å². The second-order valence-corrected chi connectivity index (χ2v) is 6.81. The lowest BCUT2D eigenvalue weighted by Crippen LogP contribution is -2.54. The van der Waals surface area contributed by atoms with Crippen LogP contribution in [0.4, 0.5) is 0 Å². The van der Waals surface area contributed by atoms with Gasteiger partial charge in [-0.05, 0) is 43.9 Å². The van der Waals surface area contributed by atoms with Gasteiger partial charge in [-0.1, -0.05) is 29.6 Å². The molecule has 1 amide bonds. The van der Waals surface area contributed by atoms with Crippen LogP contribution in [0.25, 0.3) is 0 Å². The molecular weight excluding hydrogens is 341 g/mol. The highest BCUT2D eigenvalue weighted by Crippen LogP contribution is 2.42. The molecule has 1 saturated heterocycles. The van der Waals surface area contributed by atoms with Crippen LogP contribution in [0, 0.1) is 0 Å². The highest BCUT2D eigenvalue weighted by atomic mass is 35.5. The van der Waals surface area contributed by atoms with Crippen molar-refractivity contribution in [1.82, 2.24) is 4.90 Å². The van der Waals surface area contributed by atoms with Crippen LogP contribution in [-0.4, -0.2) is 40.3 Å². The van der Waals surface area contributed by atoms with Crippen LogP contribution in [0.3, 0.4) is 0 Å². The van der Waals surface area contributed by atoms with Gasteiger partial charge in [0.1, 0.15) is 5.72 Å². The molecule has 0 aromatic heterocycles. The van der Waals surface area contributed by atoms with Gasteiger partial charge in [-0.15, -0.1) is 0 Å². The van der Waals surface area contributed by atoms with Gasteiger partial charge in [0.2, 0.25) is 0 Å². The highest BCUT2D eigenvalue weighted by Gasteiger charge is 2.53. The van der Waals surface area contributed by atoms with Crippen molar-refractivity contribution in [3.05, 3.63) is 33.8 Å². The Bertz CT molecular complexity index is 643. The van der Waals surface area contributed by atoms with E-state index >= 15 is 0 Å². The van der Waals surface area contributed by atoms with E-state index in [2.05, 4.69) is 0 Å². The van der Waals surface area contributed by atoms with Gasteiger partial charge in [-0.25, -0.2) is 4.79 Å². The molecule has 1 aromatic rings. The topological polar surface area (TPSA) is 66.8 Å². The first-order valence-electron chi connectivity index (χ1n) is 7.60. The third-order valence-electron chi connectivity index (χ3n) is 4.56. The second kappa shape index (κ2) is 6.30. The van der Waals surface area contributed by atoms with Gasteiger partial charge in [-0.3, -0.25) is 9.69 Å². The molecule has 1 heterocycles. The molecule has 23 heavy (non-hydrogen) atoms. The number of rotatable bonds is 2. The van der Waals surface area contributed by atoms with E-state index in [0.29, 0.717) is 17.9 Å². The van der Waals surface area contributed by atoms with Gasteiger partial charge in [0, 0.05) is 5.02 Å². The highest BCUT2D eigenvalue weighted by molar-refractivity contribution is 6.36. The fourth-order valence-corrected chi connectivity index (χ4v) is 3.94. The number of carbonyl (C=O) groups excluding carboxylic acids is 1. The Morgan fingerprint density at radius 1 is 1.22 bits per heavy atom. The zero-order chi connectivity index (χ0) is 16.6. The molecule has 0 radical (unpaired) electrons. The normalized spacial score (nSPS) is 23.2. The summed E-state index contributed by atoms with van der Waals surface area (Å²) < 4.78 is 5.83. The van der Waals surface area contributed by atoms with Crippen molar-refractivity contribution >= 4 is 35.1 Å². The van der Waals surface area contributed by atoms with Crippen molar-refractivity contribution in [2.75, 3.05) is 6.61 Å². The number of carboxylic acids is 1. The van der Waals surface area contributed by atoms with E-state index in [1.807, 2.05) is 0 Å². The first kappa shape index (κ1) is 16.6. The van der Waals surface area contributed by atoms with Crippen molar-refractivity contribution in [2.24, 2.45) is 0 Å². The summed E-state index contributed by atoms with van der Waals surface area (Å²) in [6, 6.07) is 3.59. The number of nitrogens with zero attached hydrogens (tertiary/aromatic N) is 1. The number of carbonyl (C=O) groups is 2. The predicted molar refractivity (Wildman–Crippen MR) is 85.8 cm³/mol. The van der Waals surface area contributed by atoms with E-state index in [4.69, 9.17) is 27.9 Å². The lowest BCUT2D eigenvalue weighted by Gasteiger charge is -2.41. The zero-order valence-corrected chi connectivity index (χ0v) is 13.9. The minimum absolute atomic E-state index is 0.00623. The van der Waals surface area contributed by atoms with Gasteiger partial charge < -0.3 is 9.84 Å². The third-order valence-corrected chi connectivity index (χ3v) is 5.11. The number of carboxylic acid groups (broad SMARTS) is 1. The maximum absolute atomic E-state index is 13.0. The molecule has 1 spiro atoms. The number of benzene rings is 1. The molecule has 124 valence electrons. The standard InChI is InChI=1S/C16H17Cl2NO4/c17-10-4-5-11(12(18)8-10)14(20)19-13(15(21)22)9-23-16(19)6-2-1-3-7-16/h4-5,8,13H,1-3,6-7,9H2,(H,21,22)/t13-/m0/s1. The van der Waals surface area contributed by atoms with Crippen molar-refractivity contribution in [3.8, 4) is 0 Å². The average molecular weight is 358 g/mol. The van der Waals surface area contributed by atoms with Crippen LogP contribution in [0.2, 0.25) is 10.0 Å². The Morgan fingerprint density at radius 3 is 2.52 bits per heavy atom. The van der Waals surface area contributed by atoms with Gasteiger partial charge in [0.25, 0.3) is 5.91 Å². The molecule has 1 aliphatic carbocycles. The summed E-state index contributed by atoms with van der Waals surface area (Å²) in [5, 5.41) is 10.1. The van der Waals surface area contributed by atoms with Crippen LogP contribution in [-0.2, 0) is 9.53 Å². The second-order valence-electron chi connectivity index (χ2n) is 5.97. The van der Waals surface area contributed by atoms with Gasteiger partial charge >= 0.3 is 5.97 Å². The van der Waals surface area contributed by atoms with Gasteiger partial charge in [0.15, 0.2) is 6.04 Å². The lowest BCUT2D eigenvalue weighted by molar-refractivity contribution is -0.143. The lowest BCUT2D eigenvalue weighted by atomic mass is 9.89. The quantitative estimate of drug-likeness (QED) is 0.878. The van der Waals surface area contributed by atoms with E-state index in [1.165, 1.54) is 17.0 Å². The van der Waals surface area contributed by atoms with Crippen LogP contribution < -0.4 is 0 Å². The Kier molecular flexibility index (Phi) is 4.54. The maximum atomic E-state index is 13.0. The maximum Gasteiger partial charge on any atom is 0.328 e. The summed E-state index contributed by atoms with van der Waals surface area (Å²) in [6.45, 7) is 0.00623. The minimum atomic E-state index is -1.06. The molecule has 3 rings (SSSR count). The molecule has 7 heteroatoms. The van der Waals surface area contributed by atoms with E-state index < -0.39 is 23.6 Å². The van der Waals surface area contributed by atoms with Crippen molar-refractivity contribution in [2.45, 2.75) is 43.9 Å². The largest absolute Gasteiger partial charge is 0.480 e. The van der Waals surface area contributed by atoms with E-state index in [-0.39, 0.29) is 17.2 Å². The molecule has 1 aliphatic heterocycles. The SMILES string of the molecule is O=C(O)[C@@H]1COC2(CCCCC2)N1C(=O)c1ccc(Cl)cc1Cl. The first-order chi connectivity index (χ1) is 10.9. The van der Waals surface area contributed by atoms with Crippen LogP contribution in [0.1, 0.15) is 42.5 Å². The van der Waals surface area contributed by atoms with Gasteiger partial charge in [-0.2, -0.15) is 0 Å². The summed E-state index contributed by atoms with van der Waals surface area (Å²) >= 11 is 12.0. The number of ether oxygens (including phenoxy) is 1. The average Bonchev–Trinajstić information content (AvgIpc) is 2.86. The summed E-state index contributed by atoms with van der Waals surface area (Å²) in [5.41, 5.74) is -0.584. The summed E-state index contributed by atoms with van der Waals surface area (Å²) in [6.07, 6.45) is 4.17. The fraction of sp³-hybridized carbons (Fsp3) is 0.500. The molecule has 1 atom stereocenters. The molecule has 2 fully saturated rings. The van der Waals surface area contributed by atoms with Crippen molar-refractivity contribution in [3.63, 3.8) is 0 Å². The summed E-state index contributed by atoms with van der Waals surface area (Å²) in [5.74, 6) is -1.48. The molecule has 1 aromatic carbocycles. The monoisotopic (exact) mass is 357 g/mol. The van der Waals surface area contributed by atoms with E-state index in [0.717, 1.165) is 19.3 Å². The summed E-state index contributed by atoms with van der Waals surface area (Å²) in [4.78, 5) is 26.0. The van der Waals surface area contributed by atoms with Crippen LogP contribution >= 0.6 is 23.2 Å². The Balaban J connectivity index is 2.00. The number of amides is 1. The molecule has 1 saturated carbocycles. The van der Waals surface area contributed by atoms with Crippen molar-refractivity contribution < 1.29 is 19.4 Å². The minimum Gasteiger partial charge on any atom is -0.480 e. The zero-order valence-electron chi connectivity index (χ0n) is 12.4. The van der Waals surface area contributed by atoms with E-state index in [1.54, 1.807) is 6.07 Å². The third kappa shape index (κ3) is 2.93. The Hall–Kier alpha value is -1.30. The molecule has 1 N–H and O–H groups in total. The number of hydrogen-bond donors (Lipinski definition) is 1. The number of aliphatic carboxylic acids is 1. The molecule has 5 nitrogen and oxygen atoms in total. The number of halogens is 2. The fourth-order valence-electron chi connectivity index (χ4n) is 3.45. The Morgan fingerprint density at radius 2 is 1.91 bits per heavy atom. The molecular formula is C16H17Cl2NO4. The molecule has 2 aliphatic rings. The van der Waals surface area contributed by atoms with E-state index in [9.17, 15) is 14.7 Å². The summed E-state index contributed by atoms with van der Waals surface area (Å²) in [7, 11) is 0. The Labute approximate surface area is 144 Å². The van der Waals surface area contributed by atoms with Crippen LogP contribution in [0.5, 0.6) is 0 Å². The first-order valence-corrected chi connectivity index (χ1v) is 8.36. The number of hydrogen-bond acceptors (Lipinski definition) is 3. The smallest absolute Gasteiger partial charge is 0.328 e. The van der Waals surface area contributed by atoms with Crippen molar-refractivity contribution in [1.29, 1.82) is 0 Å². The molecule has 0 bridgehead atoms. The molecule has 0 unspecified atom stereocenters. The van der Waals surface area contributed by atoms with Crippen LogP contribution in [0.15, 0.2) is 18.2 Å². The predicted octanol–water partition coefficient (Wildman–Crippen LogP) is 3.58.